The summed E-state index contributed by atoms with van der Waals surface area (Å²) in [6, 6.07) is 0. The molecule has 6 nitrogen and oxygen atoms in total. The van der Waals surface area contributed by atoms with Crippen LogP contribution in [0.5, 0.6) is 0 Å². The van der Waals surface area contributed by atoms with Crippen molar-refractivity contribution in [2.45, 2.75) is 20.8 Å². The van der Waals surface area contributed by atoms with E-state index in [4.69, 9.17) is 0 Å². The van der Waals surface area contributed by atoms with Gasteiger partial charge in [0.25, 0.3) is 0 Å². The summed E-state index contributed by atoms with van der Waals surface area (Å²) in [5.74, 6) is -3.56. The van der Waals surface area contributed by atoms with Gasteiger partial charge in [0.2, 0.25) is 0 Å². The largest absolute Gasteiger partial charge is 3.00 e. The number of carbonyl (C=O) groups excluding carboxylic acids is 3. The Morgan fingerprint density at radius 1 is 0.632 bits per heavy atom. The van der Waals surface area contributed by atoms with Crippen LogP contribution in [0.25, 0.3) is 0 Å². The average Bonchev–Trinajstić information content (AvgIpc) is 2.18. The number of carboxylic acids is 3. The van der Waals surface area contributed by atoms with Crippen LogP contribution in [-0.4, -0.2) is 17.9 Å². The van der Waals surface area contributed by atoms with Crippen molar-refractivity contribution in [3.05, 3.63) is 36.5 Å². The number of aliphatic carboxylic acids is 3. The monoisotopic (exact) mass is 421 g/mol. The van der Waals surface area contributed by atoms with Crippen LogP contribution in [0.1, 0.15) is 20.8 Å². The summed E-state index contributed by atoms with van der Waals surface area (Å²) < 4.78 is 0. The molecular formula is C12H15ErO6. The second-order valence-electron chi connectivity index (χ2n) is 3.20. The molecule has 0 saturated heterocycles. The molecule has 19 heavy (non-hydrogen) atoms. The topological polar surface area (TPSA) is 120 Å². The van der Waals surface area contributed by atoms with Gasteiger partial charge in [-0.15, -0.1) is 0 Å². The van der Waals surface area contributed by atoms with Crippen molar-refractivity contribution >= 4 is 17.9 Å². The molecule has 0 unspecified atom stereocenters. The van der Waals surface area contributed by atoms with Crippen LogP contribution in [0.4, 0.5) is 0 Å². The van der Waals surface area contributed by atoms with Gasteiger partial charge in [0.1, 0.15) is 0 Å². The summed E-state index contributed by atoms with van der Waals surface area (Å²) in [5, 5.41) is 28.5. The minimum atomic E-state index is -1.19. The van der Waals surface area contributed by atoms with Crippen molar-refractivity contribution in [2.75, 3.05) is 0 Å². The standard InChI is InChI=1S/3C4H6O2.Er/c3*1-3(2)4(5)6;/h3*1H2,2H3,(H,5,6);/q;;;+3/p-3. The van der Waals surface area contributed by atoms with E-state index < -0.39 is 17.9 Å². The van der Waals surface area contributed by atoms with E-state index in [1.165, 1.54) is 20.8 Å². The maximum atomic E-state index is 9.49. The van der Waals surface area contributed by atoms with E-state index >= 15 is 0 Å². The molecule has 0 aromatic rings. The van der Waals surface area contributed by atoms with Gasteiger partial charge >= 0.3 is 37.3 Å². The van der Waals surface area contributed by atoms with E-state index in [2.05, 4.69) is 19.7 Å². The van der Waals surface area contributed by atoms with Crippen molar-refractivity contribution in [3.8, 4) is 0 Å². The summed E-state index contributed by atoms with van der Waals surface area (Å²) in [5.41, 5.74) is 0.194. The Labute approximate surface area is 141 Å². The quantitative estimate of drug-likeness (QED) is 0.482. The van der Waals surface area contributed by atoms with Gasteiger partial charge in [-0.1, -0.05) is 19.7 Å². The maximum absolute atomic E-state index is 9.49. The van der Waals surface area contributed by atoms with Gasteiger partial charge in [0.05, 0.1) is 17.9 Å². The SMILES string of the molecule is C=C(C)C(=O)[O-].C=C(C)C(=O)[O-].C=C(C)C(=O)[O-].[Er+3]. The predicted molar refractivity (Wildman–Crippen MR) is 59.5 cm³/mol. The maximum Gasteiger partial charge on any atom is 3.00 e. The third kappa shape index (κ3) is 31.6. The number of rotatable bonds is 3. The molecule has 0 bridgehead atoms. The minimum absolute atomic E-state index is 0. The van der Waals surface area contributed by atoms with Crippen LogP contribution in [0.2, 0.25) is 0 Å². The molecule has 1 radical (unpaired) electrons. The Morgan fingerprint density at radius 3 is 0.684 bits per heavy atom. The molecule has 0 aromatic carbocycles. The van der Waals surface area contributed by atoms with Crippen molar-refractivity contribution in [3.63, 3.8) is 0 Å². The molecular weight excluding hydrogens is 407 g/mol. The summed E-state index contributed by atoms with van der Waals surface area (Å²) in [4.78, 5) is 28.5. The number of carboxylic acid groups (broad SMARTS) is 3. The molecule has 0 aliphatic rings. The number of hydrogen-bond donors (Lipinski definition) is 0. The zero-order valence-electron chi connectivity index (χ0n) is 10.9. The van der Waals surface area contributed by atoms with Gasteiger partial charge in [0.15, 0.2) is 0 Å². The third-order valence-corrected chi connectivity index (χ3v) is 1.05. The minimum Gasteiger partial charge on any atom is -0.545 e. The predicted octanol–water partition coefficient (Wildman–Crippen LogP) is -2.06. The normalized spacial score (nSPS) is 7.11. The molecule has 0 amide bonds. The van der Waals surface area contributed by atoms with Crippen molar-refractivity contribution in [1.29, 1.82) is 0 Å². The van der Waals surface area contributed by atoms with E-state index in [1.54, 1.807) is 0 Å². The van der Waals surface area contributed by atoms with Crippen molar-refractivity contribution in [1.82, 2.24) is 0 Å². The van der Waals surface area contributed by atoms with E-state index in [-0.39, 0.29) is 54.0 Å². The smallest absolute Gasteiger partial charge is 0.545 e. The van der Waals surface area contributed by atoms with E-state index in [9.17, 15) is 29.7 Å². The zero-order valence-corrected chi connectivity index (χ0v) is 12.7. The molecule has 7 heteroatoms. The molecule has 0 atom stereocenters. The first kappa shape index (κ1) is 26.4. The van der Waals surface area contributed by atoms with Crippen LogP contribution in [0, 0.1) is 37.3 Å². The first-order valence-corrected chi connectivity index (χ1v) is 4.54. The van der Waals surface area contributed by atoms with Gasteiger partial charge < -0.3 is 29.7 Å². The van der Waals surface area contributed by atoms with Gasteiger partial charge in [-0.05, 0) is 37.5 Å². The van der Waals surface area contributed by atoms with Crippen LogP contribution >= 0.6 is 0 Å². The molecule has 0 fully saturated rings. The van der Waals surface area contributed by atoms with Gasteiger partial charge in [-0.3, -0.25) is 0 Å². The van der Waals surface area contributed by atoms with Crippen LogP contribution < -0.4 is 15.3 Å². The van der Waals surface area contributed by atoms with E-state index in [0.717, 1.165) is 0 Å². The molecule has 0 saturated carbocycles. The Morgan fingerprint density at radius 2 is 0.684 bits per heavy atom. The summed E-state index contributed by atoms with van der Waals surface area (Å²) in [6.45, 7) is 13.4. The molecule has 0 N–H and O–H groups in total. The van der Waals surface area contributed by atoms with Crippen LogP contribution in [-0.2, 0) is 14.4 Å². The third-order valence-electron chi connectivity index (χ3n) is 1.05. The molecule has 0 heterocycles. The first-order chi connectivity index (χ1) is 7.93. The van der Waals surface area contributed by atoms with Crippen LogP contribution in [0.3, 0.4) is 0 Å². The van der Waals surface area contributed by atoms with Gasteiger partial charge in [-0.25, -0.2) is 0 Å². The number of hydrogen-bond acceptors (Lipinski definition) is 6. The van der Waals surface area contributed by atoms with Crippen molar-refractivity contribution in [2.24, 2.45) is 0 Å². The van der Waals surface area contributed by atoms with E-state index in [1.807, 2.05) is 0 Å². The van der Waals surface area contributed by atoms with Gasteiger partial charge in [-0.2, -0.15) is 0 Å². The van der Waals surface area contributed by atoms with Gasteiger partial charge in [0, 0.05) is 0 Å². The van der Waals surface area contributed by atoms with Crippen LogP contribution in [0.15, 0.2) is 36.5 Å². The summed E-state index contributed by atoms with van der Waals surface area (Å²) in [7, 11) is 0. The van der Waals surface area contributed by atoms with E-state index in [0.29, 0.717) is 0 Å². The fraction of sp³-hybridized carbons (Fsp3) is 0.250. The fourth-order valence-corrected chi connectivity index (χ4v) is 0. The zero-order chi connectivity index (χ0) is 15.5. The molecule has 0 aliphatic carbocycles. The number of carbonyl (C=O) groups is 3. The molecule has 111 valence electrons. The fourth-order valence-electron chi connectivity index (χ4n) is 0. The second kappa shape index (κ2) is 14.9. The Hall–Kier alpha value is -1.12. The molecule has 0 aromatic heterocycles. The molecule has 0 rings (SSSR count). The first-order valence-electron chi connectivity index (χ1n) is 4.54. The van der Waals surface area contributed by atoms with Crippen molar-refractivity contribution < 1.29 is 67.0 Å². The Bertz CT molecular complexity index is 277. The second-order valence-corrected chi connectivity index (χ2v) is 3.20. The average molecular weight is 423 g/mol. The summed E-state index contributed by atoms with van der Waals surface area (Å²) >= 11 is 0. The molecule has 0 aliphatic heterocycles. The Balaban J connectivity index is -0.0000000865. The Kier molecular flexibility index (Phi) is 20.8. The molecule has 0 spiro atoms. The summed E-state index contributed by atoms with van der Waals surface area (Å²) in [6.07, 6.45) is 0.